The summed E-state index contributed by atoms with van der Waals surface area (Å²) in [6.45, 7) is 6.96. The maximum atomic E-state index is 12.3. The van der Waals surface area contributed by atoms with E-state index in [1.54, 1.807) is 18.2 Å². The molecule has 1 aromatic rings. The number of hydrogen-bond acceptors (Lipinski definition) is 4. The van der Waals surface area contributed by atoms with E-state index in [-0.39, 0.29) is 17.3 Å². The van der Waals surface area contributed by atoms with Gasteiger partial charge in [-0.1, -0.05) is 29.8 Å². The summed E-state index contributed by atoms with van der Waals surface area (Å²) in [7, 11) is -2.11. The van der Waals surface area contributed by atoms with Crippen LogP contribution in [0.3, 0.4) is 0 Å². The van der Waals surface area contributed by atoms with Crippen molar-refractivity contribution in [3.8, 4) is 5.75 Å². The van der Waals surface area contributed by atoms with Crippen LogP contribution in [0, 0.1) is 0 Å². The average molecular weight is 402 g/mol. The molecular formula is C13H22BrClN2O3S. The topological polar surface area (TPSA) is 58.6 Å². The molecule has 8 heteroatoms. The van der Waals surface area contributed by atoms with E-state index >= 15 is 0 Å². The fourth-order valence-electron chi connectivity index (χ4n) is 1.82. The molecule has 0 bridgehead atoms. The summed E-state index contributed by atoms with van der Waals surface area (Å²) in [6, 6.07) is 4.91. The lowest BCUT2D eigenvalue weighted by atomic mass is 10.3. The summed E-state index contributed by atoms with van der Waals surface area (Å²) in [5, 5.41) is 0. The molecule has 0 aromatic heterocycles. The van der Waals surface area contributed by atoms with E-state index in [0.29, 0.717) is 23.3 Å². The van der Waals surface area contributed by atoms with Gasteiger partial charge in [0.05, 0.1) is 7.11 Å². The molecule has 0 aliphatic rings. The Bertz CT molecular complexity index is 536. The summed E-state index contributed by atoms with van der Waals surface area (Å²) >= 11 is 3.28. The van der Waals surface area contributed by atoms with Crippen LogP contribution < -0.4 is 9.46 Å². The summed E-state index contributed by atoms with van der Waals surface area (Å²) in [5.74, 6) is 0.337. The lowest BCUT2D eigenvalue weighted by molar-refractivity contribution is 0.309. The Morgan fingerprint density at radius 3 is 2.43 bits per heavy atom. The van der Waals surface area contributed by atoms with Gasteiger partial charge in [-0.15, -0.1) is 12.4 Å². The molecule has 122 valence electrons. The molecule has 0 aliphatic carbocycles. The van der Waals surface area contributed by atoms with Gasteiger partial charge in [0, 0.05) is 17.6 Å². The lowest BCUT2D eigenvalue weighted by Gasteiger charge is -2.18. The van der Waals surface area contributed by atoms with Gasteiger partial charge in [0.15, 0.2) is 0 Å². The first kappa shape index (κ1) is 20.7. The van der Waals surface area contributed by atoms with Crippen LogP contribution in [0.1, 0.15) is 13.8 Å². The van der Waals surface area contributed by atoms with Gasteiger partial charge in [-0.25, -0.2) is 13.1 Å². The van der Waals surface area contributed by atoms with Crippen LogP contribution in [0.25, 0.3) is 0 Å². The zero-order chi connectivity index (χ0) is 15.2. The Kier molecular flexibility index (Phi) is 9.48. The molecule has 1 aromatic carbocycles. The van der Waals surface area contributed by atoms with Crippen LogP contribution in [0.15, 0.2) is 27.6 Å². The summed E-state index contributed by atoms with van der Waals surface area (Å²) < 4.78 is 33.0. The maximum Gasteiger partial charge on any atom is 0.244 e. The van der Waals surface area contributed by atoms with Crippen molar-refractivity contribution in [2.45, 2.75) is 18.7 Å². The second-order valence-electron chi connectivity index (χ2n) is 4.22. The molecule has 1 N–H and O–H groups in total. The summed E-state index contributed by atoms with van der Waals surface area (Å²) in [6.07, 6.45) is 0. The largest absolute Gasteiger partial charge is 0.495 e. The standard InChI is InChI=1S/C13H21BrN2O3S.ClH/c1-4-16(5-2)9-8-15-20(17,18)13-10-11(14)6-7-12(13)19-3;/h6-7,10,15H,4-5,8-9H2,1-3H3;1H. The van der Waals surface area contributed by atoms with Crippen molar-refractivity contribution in [1.82, 2.24) is 9.62 Å². The first-order chi connectivity index (χ1) is 9.44. The molecular weight excluding hydrogens is 380 g/mol. The molecule has 0 unspecified atom stereocenters. The van der Waals surface area contributed by atoms with E-state index in [1.165, 1.54) is 7.11 Å². The van der Waals surface area contributed by atoms with Crippen molar-refractivity contribution in [3.05, 3.63) is 22.7 Å². The van der Waals surface area contributed by atoms with Crippen molar-refractivity contribution in [3.63, 3.8) is 0 Å². The van der Waals surface area contributed by atoms with E-state index < -0.39 is 10.0 Å². The normalized spacial score (nSPS) is 11.3. The monoisotopic (exact) mass is 400 g/mol. The Balaban J connectivity index is 0.00000400. The van der Waals surface area contributed by atoms with Gasteiger partial charge in [-0.2, -0.15) is 0 Å². The van der Waals surface area contributed by atoms with E-state index in [2.05, 4.69) is 39.4 Å². The van der Waals surface area contributed by atoms with Gasteiger partial charge in [-0.3, -0.25) is 0 Å². The number of nitrogens with zero attached hydrogens (tertiary/aromatic N) is 1. The van der Waals surface area contributed by atoms with Crippen molar-refractivity contribution in [2.24, 2.45) is 0 Å². The molecule has 0 saturated heterocycles. The number of hydrogen-bond donors (Lipinski definition) is 1. The number of likely N-dealkylation sites (N-methyl/N-ethyl adjacent to an activating group) is 1. The molecule has 1 rings (SSSR count). The highest BCUT2D eigenvalue weighted by Gasteiger charge is 2.19. The highest BCUT2D eigenvalue weighted by molar-refractivity contribution is 9.10. The number of rotatable bonds is 8. The molecule has 0 aliphatic heterocycles. The average Bonchev–Trinajstić information content (AvgIpc) is 2.43. The van der Waals surface area contributed by atoms with Gasteiger partial charge in [0.2, 0.25) is 10.0 Å². The van der Waals surface area contributed by atoms with Crippen LogP contribution in [0.4, 0.5) is 0 Å². The third kappa shape index (κ3) is 6.12. The van der Waals surface area contributed by atoms with Gasteiger partial charge in [0.25, 0.3) is 0 Å². The summed E-state index contributed by atoms with van der Waals surface area (Å²) in [4.78, 5) is 2.30. The minimum Gasteiger partial charge on any atom is -0.495 e. The highest BCUT2D eigenvalue weighted by Crippen LogP contribution is 2.26. The number of methoxy groups -OCH3 is 1. The van der Waals surface area contributed by atoms with Crippen LogP contribution in [0.5, 0.6) is 5.75 Å². The highest BCUT2D eigenvalue weighted by atomic mass is 79.9. The number of halogens is 2. The summed E-state index contributed by atoms with van der Waals surface area (Å²) in [5.41, 5.74) is 0. The fourth-order valence-corrected chi connectivity index (χ4v) is 3.54. The van der Waals surface area contributed by atoms with Crippen molar-refractivity contribution < 1.29 is 13.2 Å². The van der Waals surface area contributed by atoms with Crippen molar-refractivity contribution in [1.29, 1.82) is 0 Å². The minimum atomic E-state index is -3.57. The molecule has 5 nitrogen and oxygen atoms in total. The van der Waals surface area contributed by atoms with E-state index in [9.17, 15) is 8.42 Å². The second kappa shape index (κ2) is 9.63. The Hall–Kier alpha value is -0.340. The first-order valence-corrected chi connectivity index (χ1v) is 8.77. The Labute approximate surface area is 141 Å². The third-order valence-electron chi connectivity index (χ3n) is 3.03. The van der Waals surface area contributed by atoms with Crippen LogP contribution >= 0.6 is 28.3 Å². The zero-order valence-corrected chi connectivity index (χ0v) is 15.6. The fraction of sp³-hybridized carbons (Fsp3) is 0.538. The molecule has 0 atom stereocenters. The van der Waals surface area contributed by atoms with Crippen LogP contribution in [0.2, 0.25) is 0 Å². The van der Waals surface area contributed by atoms with Gasteiger partial charge < -0.3 is 9.64 Å². The SMILES string of the molecule is CCN(CC)CCNS(=O)(=O)c1cc(Br)ccc1OC.Cl. The molecule has 0 spiro atoms. The maximum absolute atomic E-state index is 12.3. The third-order valence-corrected chi connectivity index (χ3v) is 5.01. The zero-order valence-electron chi connectivity index (χ0n) is 12.4. The number of nitrogens with one attached hydrogen (secondary N) is 1. The number of benzene rings is 1. The quantitative estimate of drug-likeness (QED) is 0.727. The van der Waals surface area contributed by atoms with Gasteiger partial charge >= 0.3 is 0 Å². The predicted octanol–water partition coefficient (Wildman–Crippen LogP) is 2.50. The number of sulfonamides is 1. The molecule has 0 fully saturated rings. The molecule has 0 amide bonds. The van der Waals surface area contributed by atoms with Gasteiger partial charge in [-0.05, 0) is 31.3 Å². The lowest BCUT2D eigenvalue weighted by Crippen LogP contribution is -2.34. The van der Waals surface area contributed by atoms with Crippen LogP contribution in [-0.4, -0.2) is 46.6 Å². The first-order valence-electron chi connectivity index (χ1n) is 6.50. The minimum absolute atomic E-state index is 0. The molecule has 0 radical (unpaired) electrons. The van der Waals surface area contributed by atoms with Crippen LogP contribution in [-0.2, 0) is 10.0 Å². The van der Waals surface area contributed by atoms with E-state index in [4.69, 9.17) is 4.74 Å². The van der Waals surface area contributed by atoms with E-state index in [0.717, 1.165) is 13.1 Å². The smallest absolute Gasteiger partial charge is 0.244 e. The van der Waals surface area contributed by atoms with Gasteiger partial charge in [0.1, 0.15) is 10.6 Å². The second-order valence-corrected chi connectivity index (χ2v) is 6.87. The van der Waals surface area contributed by atoms with Crippen molar-refractivity contribution in [2.75, 3.05) is 33.3 Å². The number of ether oxygens (including phenoxy) is 1. The molecule has 0 saturated carbocycles. The molecule has 0 heterocycles. The Morgan fingerprint density at radius 2 is 1.90 bits per heavy atom. The van der Waals surface area contributed by atoms with Crippen molar-refractivity contribution >= 4 is 38.4 Å². The molecule has 21 heavy (non-hydrogen) atoms. The predicted molar refractivity (Wildman–Crippen MR) is 90.9 cm³/mol. The Morgan fingerprint density at radius 1 is 1.29 bits per heavy atom. The van der Waals surface area contributed by atoms with E-state index in [1.807, 2.05) is 0 Å².